The van der Waals surface area contributed by atoms with E-state index in [1.807, 2.05) is 42.8 Å². The predicted molar refractivity (Wildman–Crippen MR) is 69.3 cm³/mol. The van der Waals surface area contributed by atoms with Crippen LogP contribution in [0, 0.1) is 13.8 Å². The van der Waals surface area contributed by atoms with E-state index < -0.39 is 0 Å². The third-order valence-corrected chi connectivity index (χ3v) is 2.96. The molecule has 0 saturated carbocycles. The first-order valence-electron chi connectivity index (χ1n) is 6.04. The van der Waals surface area contributed by atoms with Crippen LogP contribution in [-0.2, 0) is 13.0 Å². The summed E-state index contributed by atoms with van der Waals surface area (Å²) in [5, 5.41) is 4.34. The Labute approximate surface area is 105 Å². The molecule has 5 heteroatoms. The maximum Gasteiger partial charge on any atom is 0.147 e. The van der Waals surface area contributed by atoms with Crippen LogP contribution in [0.15, 0.2) is 24.3 Å². The van der Waals surface area contributed by atoms with Crippen LogP contribution in [0.5, 0.6) is 0 Å². The van der Waals surface area contributed by atoms with E-state index in [0.29, 0.717) is 0 Å². The molecule has 3 aromatic rings. The van der Waals surface area contributed by atoms with E-state index in [4.69, 9.17) is 0 Å². The van der Waals surface area contributed by atoms with Gasteiger partial charge in [0.1, 0.15) is 17.5 Å². The second-order valence-corrected chi connectivity index (χ2v) is 4.38. The Morgan fingerprint density at radius 2 is 2.00 bits per heavy atom. The number of H-pyrrole nitrogens is 1. The summed E-state index contributed by atoms with van der Waals surface area (Å²) >= 11 is 0. The Bertz CT molecular complexity index is 647. The quantitative estimate of drug-likeness (QED) is 0.763. The molecule has 0 aliphatic heterocycles. The molecule has 0 unspecified atom stereocenters. The van der Waals surface area contributed by atoms with Gasteiger partial charge in [0.2, 0.25) is 0 Å². The van der Waals surface area contributed by atoms with E-state index in [0.717, 1.165) is 41.5 Å². The van der Waals surface area contributed by atoms with Crippen molar-refractivity contribution in [2.24, 2.45) is 0 Å². The molecular weight excluding hydrogens is 226 g/mol. The second kappa shape index (κ2) is 4.25. The third-order valence-electron chi connectivity index (χ3n) is 2.96. The first-order chi connectivity index (χ1) is 8.72. The van der Waals surface area contributed by atoms with E-state index in [2.05, 4.69) is 20.1 Å². The molecule has 5 nitrogen and oxygen atoms in total. The number of para-hydroxylation sites is 2. The van der Waals surface area contributed by atoms with Crippen LogP contribution in [0.4, 0.5) is 0 Å². The van der Waals surface area contributed by atoms with Gasteiger partial charge >= 0.3 is 0 Å². The number of benzene rings is 1. The third kappa shape index (κ3) is 1.99. The van der Waals surface area contributed by atoms with Gasteiger partial charge in [-0.05, 0) is 26.0 Å². The number of hydrogen-bond donors (Lipinski definition) is 1. The highest BCUT2D eigenvalue weighted by atomic mass is 15.3. The topological polar surface area (TPSA) is 59.4 Å². The average Bonchev–Trinajstić information content (AvgIpc) is 2.89. The lowest BCUT2D eigenvalue weighted by Crippen LogP contribution is -2.06. The number of fused-ring (bicyclic) bond motifs is 1. The SMILES string of the molecule is Cc1nc(C)n(CCc2nc3ccccc3[nH]2)n1. The van der Waals surface area contributed by atoms with Gasteiger partial charge in [-0.3, -0.25) is 0 Å². The zero-order valence-corrected chi connectivity index (χ0v) is 10.5. The van der Waals surface area contributed by atoms with E-state index >= 15 is 0 Å². The van der Waals surface area contributed by atoms with E-state index in [9.17, 15) is 0 Å². The summed E-state index contributed by atoms with van der Waals surface area (Å²) in [5.74, 6) is 2.75. The summed E-state index contributed by atoms with van der Waals surface area (Å²) in [6.45, 7) is 4.68. The second-order valence-electron chi connectivity index (χ2n) is 4.38. The van der Waals surface area contributed by atoms with Gasteiger partial charge < -0.3 is 4.98 Å². The molecule has 0 aliphatic rings. The minimum Gasteiger partial charge on any atom is -0.342 e. The molecule has 0 radical (unpaired) electrons. The number of nitrogens with one attached hydrogen (secondary N) is 1. The number of nitrogens with zero attached hydrogens (tertiary/aromatic N) is 4. The molecule has 3 rings (SSSR count). The van der Waals surface area contributed by atoms with Crippen molar-refractivity contribution >= 4 is 11.0 Å². The largest absolute Gasteiger partial charge is 0.342 e. The molecule has 0 amide bonds. The first-order valence-corrected chi connectivity index (χ1v) is 6.04. The molecule has 0 saturated heterocycles. The van der Waals surface area contributed by atoms with Gasteiger partial charge in [-0.2, -0.15) is 5.10 Å². The van der Waals surface area contributed by atoms with Gasteiger partial charge in [-0.1, -0.05) is 12.1 Å². The average molecular weight is 241 g/mol. The molecule has 2 aromatic heterocycles. The minimum atomic E-state index is 0.798. The molecule has 2 heterocycles. The van der Waals surface area contributed by atoms with Crippen molar-refractivity contribution in [2.75, 3.05) is 0 Å². The number of hydrogen-bond acceptors (Lipinski definition) is 3. The lowest BCUT2D eigenvalue weighted by Gasteiger charge is -2.00. The van der Waals surface area contributed by atoms with Crippen LogP contribution >= 0.6 is 0 Å². The zero-order valence-electron chi connectivity index (χ0n) is 10.5. The molecule has 18 heavy (non-hydrogen) atoms. The van der Waals surface area contributed by atoms with Gasteiger partial charge in [0.25, 0.3) is 0 Å². The highest BCUT2D eigenvalue weighted by molar-refractivity contribution is 5.74. The monoisotopic (exact) mass is 241 g/mol. The highest BCUT2D eigenvalue weighted by Crippen LogP contribution is 2.11. The predicted octanol–water partition coefficient (Wildman–Crippen LogP) is 2.01. The zero-order chi connectivity index (χ0) is 12.5. The minimum absolute atomic E-state index is 0.798. The fourth-order valence-corrected chi connectivity index (χ4v) is 2.11. The number of imidazole rings is 1. The van der Waals surface area contributed by atoms with Crippen LogP contribution in [0.2, 0.25) is 0 Å². The Kier molecular flexibility index (Phi) is 2.59. The Morgan fingerprint density at radius 1 is 1.17 bits per heavy atom. The van der Waals surface area contributed by atoms with Crippen LogP contribution < -0.4 is 0 Å². The fourth-order valence-electron chi connectivity index (χ4n) is 2.11. The van der Waals surface area contributed by atoms with Crippen molar-refractivity contribution in [3.63, 3.8) is 0 Å². The van der Waals surface area contributed by atoms with Crippen LogP contribution in [0.3, 0.4) is 0 Å². The van der Waals surface area contributed by atoms with E-state index in [-0.39, 0.29) is 0 Å². The molecular formula is C13H15N5. The maximum atomic E-state index is 4.55. The van der Waals surface area contributed by atoms with Crippen molar-refractivity contribution in [3.8, 4) is 0 Å². The number of aryl methyl sites for hydroxylation is 4. The summed E-state index contributed by atoms with van der Waals surface area (Å²) < 4.78 is 1.92. The maximum absolute atomic E-state index is 4.55. The lowest BCUT2D eigenvalue weighted by molar-refractivity contribution is 0.582. The normalized spacial score (nSPS) is 11.2. The van der Waals surface area contributed by atoms with Gasteiger partial charge in [0.05, 0.1) is 17.6 Å². The Balaban J connectivity index is 1.78. The summed E-state index contributed by atoms with van der Waals surface area (Å²) in [6, 6.07) is 8.06. The van der Waals surface area contributed by atoms with Crippen LogP contribution in [-0.4, -0.2) is 24.7 Å². The number of aromatic nitrogens is 5. The first kappa shape index (κ1) is 11.0. The van der Waals surface area contributed by atoms with Gasteiger partial charge in [-0.15, -0.1) is 0 Å². The van der Waals surface area contributed by atoms with Crippen molar-refractivity contribution in [1.29, 1.82) is 0 Å². The smallest absolute Gasteiger partial charge is 0.147 e. The summed E-state index contributed by atoms with van der Waals surface area (Å²) in [7, 11) is 0. The molecule has 1 N–H and O–H groups in total. The van der Waals surface area contributed by atoms with Gasteiger partial charge in [-0.25, -0.2) is 14.6 Å². The molecule has 1 aromatic carbocycles. The highest BCUT2D eigenvalue weighted by Gasteiger charge is 2.05. The van der Waals surface area contributed by atoms with Crippen molar-refractivity contribution in [1.82, 2.24) is 24.7 Å². The van der Waals surface area contributed by atoms with Crippen LogP contribution in [0.25, 0.3) is 11.0 Å². The molecule has 0 bridgehead atoms. The van der Waals surface area contributed by atoms with E-state index in [1.165, 1.54) is 0 Å². The van der Waals surface area contributed by atoms with Crippen LogP contribution in [0.1, 0.15) is 17.5 Å². The molecule has 0 aliphatic carbocycles. The van der Waals surface area contributed by atoms with Crippen molar-refractivity contribution < 1.29 is 0 Å². The molecule has 0 spiro atoms. The van der Waals surface area contributed by atoms with Crippen molar-refractivity contribution in [2.45, 2.75) is 26.8 Å². The number of aromatic amines is 1. The Morgan fingerprint density at radius 3 is 2.72 bits per heavy atom. The lowest BCUT2D eigenvalue weighted by atomic mass is 10.3. The van der Waals surface area contributed by atoms with Gasteiger partial charge in [0, 0.05) is 6.42 Å². The summed E-state index contributed by atoms with van der Waals surface area (Å²) in [6.07, 6.45) is 0.832. The molecule has 0 fully saturated rings. The molecule has 0 atom stereocenters. The molecule has 92 valence electrons. The van der Waals surface area contributed by atoms with Gasteiger partial charge in [0.15, 0.2) is 0 Å². The van der Waals surface area contributed by atoms with Crippen molar-refractivity contribution in [3.05, 3.63) is 41.7 Å². The standard InChI is InChI=1S/C13H15N5/c1-9-14-10(2)18(17-9)8-7-13-15-11-5-3-4-6-12(11)16-13/h3-6H,7-8H2,1-2H3,(H,15,16). The fraction of sp³-hybridized carbons (Fsp3) is 0.308. The summed E-state index contributed by atoms with van der Waals surface area (Å²) in [4.78, 5) is 12.2. The Hall–Kier alpha value is -2.17. The number of rotatable bonds is 3. The summed E-state index contributed by atoms with van der Waals surface area (Å²) in [5.41, 5.74) is 2.10. The van der Waals surface area contributed by atoms with E-state index in [1.54, 1.807) is 0 Å².